The van der Waals surface area contributed by atoms with Crippen molar-refractivity contribution in [3.8, 4) is 0 Å². The van der Waals surface area contributed by atoms with E-state index in [0.29, 0.717) is 18.1 Å². The van der Waals surface area contributed by atoms with Gasteiger partial charge in [0.1, 0.15) is 5.78 Å². The summed E-state index contributed by atoms with van der Waals surface area (Å²) in [6, 6.07) is 0. The van der Waals surface area contributed by atoms with E-state index in [-0.39, 0.29) is 5.92 Å². The number of hydrogen-bond donors (Lipinski definition) is 2. The topological polar surface area (TPSA) is 41.1 Å². The van der Waals surface area contributed by atoms with Gasteiger partial charge >= 0.3 is 0 Å². The monoisotopic (exact) mass is 220 g/mol. The van der Waals surface area contributed by atoms with Gasteiger partial charge in [-0.25, -0.2) is 0 Å². The van der Waals surface area contributed by atoms with Crippen LogP contribution in [0.5, 0.6) is 0 Å². The Morgan fingerprint density at radius 2 is 2.44 bits per heavy atom. The second-order valence-corrected chi connectivity index (χ2v) is 4.63. The van der Waals surface area contributed by atoms with Crippen LogP contribution in [0, 0.1) is 11.8 Å². The molecule has 1 heterocycles. The second-order valence-electron chi connectivity index (χ2n) is 4.63. The summed E-state index contributed by atoms with van der Waals surface area (Å²) in [6.45, 7) is 3.88. The highest BCUT2D eigenvalue weighted by Gasteiger charge is 2.32. The maximum Gasteiger partial charge on any atom is 0.143 e. The lowest BCUT2D eigenvalue weighted by Gasteiger charge is -2.26. The quantitative estimate of drug-likeness (QED) is 0.749. The maximum absolute atomic E-state index is 12.2. The summed E-state index contributed by atoms with van der Waals surface area (Å²) in [4.78, 5) is 12.2. The third-order valence-corrected chi connectivity index (χ3v) is 3.46. The predicted octanol–water partition coefficient (Wildman–Crippen LogP) is 1.23. The van der Waals surface area contributed by atoms with Gasteiger partial charge < -0.3 is 10.6 Å². The van der Waals surface area contributed by atoms with Crippen LogP contribution in [-0.4, -0.2) is 25.9 Å². The Morgan fingerprint density at radius 1 is 1.62 bits per heavy atom. The summed E-state index contributed by atoms with van der Waals surface area (Å²) in [5, 5.41) is 6.42. The van der Waals surface area contributed by atoms with Crippen molar-refractivity contribution in [3.63, 3.8) is 0 Å². The first-order valence-corrected chi connectivity index (χ1v) is 6.06. The molecule has 16 heavy (non-hydrogen) atoms. The first-order valence-electron chi connectivity index (χ1n) is 6.06. The van der Waals surface area contributed by atoms with Crippen molar-refractivity contribution in [1.29, 1.82) is 0 Å². The normalized spacial score (nSPS) is 27.9. The Morgan fingerprint density at radius 3 is 3.19 bits per heavy atom. The SMILES string of the molecule is CNCCC(=O)C1C2=C(C=CC1C)CCN2. The van der Waals surface area contributed by atoms with Gasteiger partial charge in [-0.05, 0) is 25.0 Å². The van der Waals surface area contributed by atoms with Gasteiger partial charge in [-0.1, -0.05) is 19.1 Å². The Hall–Kier alpha value is -1.09. The van der Waals surface area contributed by atoms with Gasteiger partial charge in [0.2, 0.25) is 0 Å². The molecule has 1 aliphatic carbocycles. The third kappa shape index (κ3) is 2.05. The molecule has 0 amide bonds. The minimum atomic E-state index is 0.0656. The van der Waals surface area contributed by atoms with Gasteiger partial charge in [0, 0.05) is 25.2 Å². The van der Waals surface area contributed by atoms with E-state index in [1.165, 1.54) is 11.3 Å². The molecular weight excluding hydrogens is 200 g/mol. The first-order chi connectivity index (χ1) is 7.74. The Labute approximate surface area is 97.0 Å². The van der Waals surface area contributed by atoms with Crippen LogP contribution in [0.4, 0.5) is 0 Å². The fourth-order valence-electron chi connectivity index (χ4n) is 2.56. The molecule has 0 spiro atoms. The molecule has 0 aromatic heterocycles. The Balaban J connectivity index is 2.12. The standard InChI is InChI=1S/C13H20N2O/c1-9-3-4-10-5-8-15-13(10)12(9)11(16)6-7-14-2/h3-4,9,12,14-15H,5-8H2,1-2H3. The molecule has 2 rings (SSSR count). The highest BCUT2D eigenvalue weighted by molar-refractivity contribution is 5.85. The molecule has 3 heteroatoms. The largest absolute Gasteiger partial charge is 0.387 e. The van der Waals surface area contributed by atoms with E-state index in [0.717, 1.165) is 19.5 Å². The summed E-state index contributed by atoms with van der Waals surface area (Å²) >= 11 is 0. The zero-order chi connectivity index (χ0) is 11.5. The van der Waals surface area contributed by atoms with Crippen molar-refractivity contribution in [2.45, 2.75) is 19.8 Å². The van der Waals surface area contributed by atoms with E-state index in [9.17, 15) is 4.79 Å². The van der Waals surface area contributed by atoms with Gasteiger partial charge in [-0.3, -0.25) is 4.79 Å². The number of rotatable bonds is 4. The van der Waals surface area contributed by atoms with E-state index in [4.69, 9.17) is 0 Å². The number of nitrogens with one attached hydrogen (secondary N) is 2. The number of hydrogen-bond acceptors (Lipinski definition) is 3. The molecule has 2 aliphatic rings. The number of Topliss-reactive ketones (excluding diaryl/α,β-unsaturated/α-hetero) is 1. The van der Waals surface area contributed by atoms with Crippen molar-refractivity contribution in [3.05, 3.63) is 23.4 Å². The van der Waals surface area contributed by atoms with Crippen LogP contribution in [0.3, 0.4) is 0 Å². The van der Waals surface area contributed by atoms with Crippen LogP contribution in [0.1, 0.15) is 19.8 Å². The molecule has 3 nitrogen and oxygen atoms in total. The lowest BCUT2D eigenvalue weighted by molar-refractivity contribution is -0.122. The van der Waals surface area contributed by atoms with E-state index in [1.54, 1.807) is 0 Å². The Bertz CT molecular complexity index is 344. The number of carbonyl (C=O) groups is 1. The minimum Gasteiger partial charge on any atom is -0.387 e. The van der Waals surface area contributed by atoms with Crippen molar-refractivity contribution in [1.82, 2.24) is 10.6 Å². The summed E-state index contributed by atoms with van der Waals surface area (Å²) in [7, 11) is 1.88. The average Bonchev–Trinajstić information content (AvgIpc) is 2.73. The van der Waals surface area contributed by atoms with Crippen molar-refractivity contribution in [2.24, 2.45) is 11.8 Å². The van der Waals surface area contributed by atoms with Crippen LogP contribution >= 0.6 is 0 Å². The number of allylic oxidation sites excluding steroid dienone is 3. The van der Waals surface area contributed by atoms with Gasteiger partial charge in [-0.15, -0.1) is 0 Å². The molecule has 0 aromatic rings. The van der Waals surface area contributed by atoms with Gasteiger partial charge in [0.15, 0.2) is 0 Å². The van der Waals surface area contributed by atoms with Crippen LogP contribution < -0.4 is 10.6 Å². The molecule has 0 saturated carbocycles. The van der Waals surface area contributed by atoms with Crippen LogP contribution in [0.2, 0.25) is 0 Å². The summed E-state index contributed by atoms with van der Waals surface area (Å²) in [6.07, 6.45) is 6.04. The zero-order valence-corrected chi connectivity index (χ0v) is 10.0. The van der Waals surface area contributed by atoms with Gasteiger partial charge in [-0.2, -0.15) is 0 Å². The summed E-state index contributed by atoms with van der Waals surface area (Å²) in [5.74, 6) is 0.748. The molecular formula is C13H20N2O. The smallest absolute Gasteiger partial charge is 0.143 e. The molecule has 2 N–H and O–H groups in total. The van der Waals surface area contributed by atoms with Crippen LogP contribution in [0.25, 0.3) is 0 Å². The maximum atomic E-state index is 12.2. The lowest BCUT2D eigenvalue weighted by Crippen LogP contribution is -2.31. The summed E-state index contributed by atoms with van der Waals surface area (Å²) in [5.41, 5.74) is 2.53. The fourth-order valence-corrected chi connectivity index (χ4v) is 2.56. The van der Waals surface area contributed by atoms with Crippen molar-refractivity contribution >= 4 is 5.78 Å². The fraction of sp³-hybridized carbons (Fsp3) is 0.615. The first kappa shape index (κ1) is 11.4. The Kier molecular flexibility index (Phi) is 3.44. The van der Waals surface area contributed by atoms with Gasteiger partial charge in [0.25, 0.3) is 0 Å². The molecule has 88 valence electrons. The summed E-state index contributed by atoms with van der Waals surface area (Å²) < 4.78 is 0. The molecule has 2 atom stereocenters. The van der Waals surface area contributed by atoms with Gasteiger partial charge in [0.05, 0.1) is 5.92 Å². The van der Waals surface area contributed by atoms with E-state index in [1.807, 2.05) is 7.05 Å². The minimum absolute atomic E-state index is 0.0656. The van der Waals surface area contributed by atoms with Crippen LogP contribution in [-0.2, 0) is 4.79 Å². The van der Waals surface area contributed by atoms with Crippen LogP contribution in [0.15, 0.2) is 23.4 Å². The average molecular weight is 220 g/mol. The predicted molar refractivity (Wildman–Crippen MR) is 65.0 cm³/mol. The van der Waals surface area contributed by atoms with E-state index in [2.05, 4.69) is 29.7 Å². The van der Waals surface area contributed by atoms with Crippen molar-refractivity contribution < 1.29 is 4.79 Å². The van der Waals surface area contributed by atoms with E-state index >= 15 is 0 Å². The highest BCUT2D eigenvalue weighted by Crippen LogP contribution is 2.33. The molecule has 0 bridgehead atoms. The third-order valence-electron chi connectivity index (χ3n) is 3.46. The lowest BCUT2D eigenvalue weighted by atomic mass is 9.81. The second kappa shape index (κ2) is 4.83. The van der Waals surface area contributed by atoms with E-state index < -0.39 is 0 Å². The molecule has 2 unspecified atom stereocenters. The number of carbonyl (C=O) groups excluding carboxylic acids is 1. The molecule has 1 aliphatic heterocycles. The van der Waals surface area contributed by atoms with Crippen molar-refractivity contribution in [2.75, 3.05) is 20.1 Å². The highest BCUT2D eigenvalue weighted by atomic mass is 16.1. The number of ketones is 1. The molecule has 0 aromatic carbocycles. The molecule has 0 radical (unpaired) electrons. The molecule has 0 saturated heterocycles. The zero-order valence-electron chi connectivity index (χ0n) is 10.0. The molecule has 0 fully saturated rings.